The van der Waals surface area contributed by atoms with Crippen molar-refractivity contribution in [3.63, 3.8) is 0 Å². The van der Waals surface area contributed by atoms with Crippen molar-refractivity contribution in [1.82, 2.24) is 19.7 Å². The van der Waals surface area contributed by atoms with E-state index in [0.29, 0.717) is 30.3 Å². The molecule has 0 aliphatic heterocycles. The van der Waals surface area contributed by atoms with E-state index in [-0.39, 0.29) is 5.91 Å². The molecule has 8 heteroatoms. The van der Waals surface area contributed by atoms with Crippen molar-refractivity contribution in [1.29, 1.82) is 0 Å². The number of thioether (sulfide) groups is 1. The van der Waals surface area contributed by atoms with E-state index in [1.807, 2.05) is 33.7 Å². The van der Waals surface area contributed by atoms with Gasteiger partial charge in [-0.05, 0) is 43.4 Å². The van der Waals surface area contributed by atoms with Crippen LogP contribution in [0, 0.1) is 0 Å². The highest BCUT2D eigenvalue weighted by Crippen LogP contribution is 2.39. The molecular weight excluding hydrogens is 350 g/mol. The molecule has 0 bridgehead atoms. The smallest absolute Gasteiger partial charge is 0.233 e. The van der Waals surface area contributed by atoms with Gasteiger partial charge in [0.25, 0.3) is 0 Å². The molecule has 2 fully saturated rings. The lowest BCUT2D eigenvalue weighted by Gasteiger charge is -2.22. The van der Waals surface area contributed by atoms with Crippen LogP contribution in [0.5, 0.6) is 5.75 Å². The third-order valence-corrected chi connectivity index (χ3v) is 5.68. The molecule has 2 aromatic rings. The van der Waals surface area contributed by atoms with E-state index in [1.165, 1.54) is 11.8 Å². The molecule has 0 saturated heterocycles. The number of aromatic nitrogens is 3. The van der Waals surface area contributed by atoms with Crippen LogP contribution in [0.4, 0.5) is 5.95 Å². The topological polar surface area (TPSA) is 86.3 Å². The van der Waals surface area contributed by atoms with E-state index in [1.54, 1.807) is 7.11 Å². The van der Waals surface area contributed by atoms with Crippen molar-refractivity contribution in [2.24, 2.45) is 0 Å². The highest BCUT2D eigenvalue weighted by atomic mass is 32.2. The van der Waals surface area contributed by atoms with Gasteiger partial charge in [-0.25, -0.2) is 0 Å². The quantitative estimate of drug-likeness (QED) is 0.716. The minimum atomic E-state index is 0.136. The second-order valence-corrected chi connectivity index (χ2v) is 7.77. The van der Waals surface area contributed by atoms with Crippen molar-refractivity contribution in [3.8, 4) is 5.75 Å². The highest BCUT2D eigenvalue weighted by molar-refractivity contribution is 7.99. The van der Waals surface area contributed by atoms with E-state index in [4.69, 9.17) is 10.5 Å². The number of anilines is 1. The molecule has 2 aliphatic rings. The number of benzene rings is 1. The minimum absolute atomic E-state index is 0.136. The van der Waals surface area contributed by atoms with Crippen LogP contribution in [-0.2, 0) is 11.3 Å². The Morgan fingerprint density at radius 1 is 1.27 bits per heavy atom. The summed E-state index contributed by atoms with van der Waals surface area (Å²) in [7, 11) is 1.65. The monoisotopic (exact) mass is 373 g/mol. The third kappa shape index (κ3) is 3.80. The van der Waals surface area contributed by atoms with E-state index in [0.717, 1.165) is 42.2 Å². The summed E-state index contributed by atoms with van der Waals surface area (Å²) in [5.74, 6) is 1.76. The largest absolute Gasteiger partial charge is 0.497 e. The Morgan fingerprint density at radius 3 is 2.62 bits per heavy atom. The molecule has 1 heterocycles. The van der Waals surface area contributed by atoms with E-state index >= 15 is 0 Å². The Labute approximate surface area is 156 Å². The summed E-state index contributed by atoms with van der Waals surface area (Å²) in [6.07, 6.45) is 4.38. The van der Waals surface area contributed by atoms with Crippen LogP contribution in [-0.4, -0.2) is 44.5 Å². The Bertz CT molecular complexity index is 783. The van der Waals surface area contributed by atoms with Gasteiger partial charge in [-0.15, -0.1) is 10.2 Å². The van der Waals surface area contributed by atoms with E-state index in [2.05, 4.69) is 10.2 Å². The van der Waals surface area contributed by atoms with Crippen LogP contribution in [0.25, 0.3) is 0 Å². The van der Waals surface area contributed by atoms with Gasteiger partial charge in [-0.3, -0.25) is 9.36 Å². The average molecular weight is 373 g/mol. The van der Waals surface area contributed by atoms with Crippen molar-refractivity contribution in [2.45, 2.75) is 49.5 Å². The van der Waals surface area contributed by atoms with Gasteiger partial charge in [0, 0.05) is 18.6 Å². The number of carbonyl (C=O) groups is 1. The Morgan fingerprint density at radius 2 is 2.00 bits per heavy atom. The summed E-state index contributed by atoms with van der Waals surface area (Å²) in [5, 5.41) is 8.85. The number of hydrogen-bond donors (Lipinski definition) is 1. The van der Waals surface area contributed by atoms with Gasteiger partial charge in [0.2, 0.25) is 11.9 Å². The molecule has 0 radical (unpaired) electrons. The van der Waals surface area contributed by atoms with Crippen molar-refractivity contribution in [2.75, 3.05) is 18.6 Å². The first-order chi connectivity index (χ1) is 12.7. The molecule has 1 amide bonds. The fourth-order valence-electron chi connectivity index (χ4n) is 3.01. The standard InChI is InChI=1S/C18H23N5O2S/c1-25-15-8-2-12(3-9-15)10-22(13-4-5-13)16(24)11-26-18-21-20-17(19)23(18)14-6-7-14/h2-3,8-9,13-14H,4-7,10-11H2,1H3,(H2,19,20). The Balaban J connectivity index is 1.39. The fourth-order valence-corrected chi connectivity index (χ4v) is 3.91. The maximum atomic E-state index is 12.8. The first-order valence-corrected chi connectivity index (χ1v) is 9.90. The number of nitrogen functional groups attached to an aromatic ring is 1. The first kappa shape index (κ1) is 17.2. The molecule has 7 nitrogen and oxygen atoms in total. The van der Waals surface area contributed by atoms with Gasteiger partial charge in [0.15, 0.2) is 5.16 Å². The number of hydrogen-bond acceptors (Lipinski definition) is 6. The number of rotatable bonds is 8. The molecule has 2 N–H and O–H groups in total. The lowest BCUT2D eigenvalue weighted by atomic mass is 10.2. The normalized spacial score (nSPS) is 16.5. The van der Waals surface area contributed by atoms with Gasteiger partial charge >= 0.3 is 0 Å². The maximum Gasteiger partial charge on any atom is 0.233 e. The zero-order chi connectivity index (χ0) is 18.1. The molecule has 2 saturated carbocycles. The van der Waals surface area contributed by atoms with E-state index in [9.17, 15) is 4.79 Å². The maximum absolute atomic E-state index is 12.8. The summed E-state index contributed by atoms with van der Waals surface area (Å²) >= 11 is 1.43. The van der Waals surface area contributed by atoms with Crippen molar-refractivity contribution < 1.29 is 9.53 Å². The second-order valence-electron chi connectivity index (χ2n) is 6.83. The molecule has 1 aromatic carbocycles. The summed E-state index contributed by atoms with van der Waals surface area (Å²) in [6.45, 7) is 0.630. The molecule has 26 heavy (non-hydrogen) atoms. The van der Waals surface area contributed by atoms with Crippen LogP contribution < -0.4 is 10.5 Å². The number of nitrogens with two attached hydrogens (primary N) is 1. The zero-order valence-electron chi connectivity index (χ0n) is 14.8. The summed E-state index contributed by atoms with van der Waals surface area (Å²) in [5.41, 5.74) is 7.02. The second kappa shape index (κ2) is 7.19. The molecule has 0 unspecified atom stereocenters. The van der Waals surface area contributed by atoms with Crippen molar-refractivity contribution in [3.05, 3.63) is 29.8 Å². The third-order valence-electron chi connectivity index (χ3n) is 4.75. The summed E-state index contributed by atoms with van der Waals surface area (Å²) in [4.78, 5) is 14.8. The molecular formula is C18H23N5O2S. The molecule has 138 valence electrons. The number of methoxy groups -OCH3 is 1. The zero-order valence-corrected chi connectivity index (χ0v) is 15.6. The summed E-state index contributed by atoms with van der Waals surface area (Å²) < 4.78 is 7.16. The number of carbonyl (C=O) groups excluding carboxylic acids is 1. The van der Waals surface area contributed by atoms with Crippen LogP contribution in [0.15, 0.2) is 29.4 Å². The predicted molar refractivity (Wildman–Crippen MR) is 100.0 cm³/mol. The predicted octanol–water partition coefficient (Wildman–Crippen LogP) is 2.49. The fraction of sp³-hybridized carbons (Fsp3) is 0.500. The SMILES string of the molecule is COc1ccc(CN(C(=O)CSc2nnc(N)n2C2CC2)C2CC2)cc1. The molecule has 4 rings (SSSR count). The van der Waals surface area contributed by atoms with Gasteiger partial charge in [-0.1, -0.05) is 23.9 Å². The van der Waals surface area contributed by atoms with Crippen LogP contribution >= 0.6 is 11.8 Å². The Hall–Kier alpha value is -2.22. The number of ether oxygens (including phenoxy) is 1. The van der Waals surface area contributed by atoms with Crippen LogP contribution in [0.3, 0.4) is 0 Å². The van der Waals surface area contributed by atoms with E-state index < -0.39 is 0 Å². The van der Waals surface area contributed by atoms with Crippen molar-refractivity contribution >= 4 is 23.6 Å². The minimum Gasteiger partial charge on any atom is -0.497 e. The lowest BCUT2D eigenvalue weighted by molar-refractivity contribution is -0.129. The van der Waals surface area contributed by atoms with Gasteiger partial charge in [-0.2, -0.15) is 0 Å². The first-order valence-electron chi connectivity index (χ1n) is 8.91. The average Bonchev–Trinajstić information content (AvgIpc) is 3.57. The molecule has 0 spiro atoms. The van der Waals surface area contributed by atoms with Gasteiger partial charge in [0.1, 0.15) is 5.75 Å². The summed E-state index contributed by atoms with van der Waals surface area (Å²) in [6, 6.07) is 8.65. The van der Waals surface area contributed by atoms with Crippen LogP contribution in [0.2, 0.25) is 0 Å². The highest BCUT2D eigenvalue weighted by Gasteiger charge is 2.33. The van der Waals surface area contributed by atoms with Gasteiger partial charge < -0.3 is 15.4 Å². The molecule has 0 atom stereocenters. The van der Waals surface area contributed by atoms with Crippen LogP contribution in [0.1, 0.15) is 37.3 Å². The molecule has 1 aromatic heterocycles. The number of amides is 1. The molecule has 2 aliphatic carbocycles. The lowest BCUT2D eigenvalue weighted by Crippen LogP contribution is -2.34. The van der Waals surface area contributed by atoms with Gasteiger partial charge in [0.05, 0.1) is 12.9 Å². The Kier molecular flexibility index (Phi) is 4.76. The number of nitrogens with zero attached hydrogens (tertiary/aromatic N) is 4.